The lowest BCUT2D eigenvalue weighted by Gasteiger charge is -2.36. The number of nitrogens with one attached hydrogen (secondary N) is 1. The smallest absolute Gasteiger partial charge is 0.123 e. The van der Waals surface area contributed by atoms with Crippen LogP contribution in [0.5, 0.6) is 0 Å². The summed E-state index contributed by atoms with van der Waals surface area (Å²) in [6.45, 7) is 5.46. The van der Waals surface area contributed by atoms with Gasteiger partial charge in [0.2, 0.25) is 0 Å². The molecule has 3 aliphatic rings. The molecule has 0 aliphatic carbocycles. The Kier molecular flexibility index (Phi) is 3.21. The van der Waals surface area contributed by atoms with Crippen LogP contribution >= 0.6 is 0 Å². The predicted molar refractivity (Wildman–Crippen MR) is 96.3 cm³/mol. The first-order valence-corrected chi connectivity index (χ1v) is 9.13. The van der Waals surface area contributed by atoms with Crippen molar-refractivity contribution in [2.24, 2.45) is 0 Å². The van der Waals surface area contributed by atoms with Crippen LogP contribution in [0, 0.1) is 12.7 Å². The second-order valence-electron chi connectivity index (χ2n) is 7.50. The van der Waals surface area contributed by atoms with Crippen molar-refractivity contribution < 1.29 is 4.39 Å². The summed E-state index contributed by atoms with van der Waals surface area (Å²) < 4.78 is 13.8. The Morgan fingerprint density at radius 3 is 3.04 bits per heavy atom. The molecule has 0 saturated carbocycles. The van der Waals surface area contributed by atoms with Gasteiger partial charge >= 0.3 is 0 Å². The zero-order chi connectivity index (χ0) is 16.3. The van der Waals surface area contributed by atoms with Crippen LogP contribution in [-0.2, 0) is 6.42 Å². The zero-order valence-corrected chi connectivity index (χ0v) is 14.1. The van der Waals surface area contributed by atoms with Crippen LogP contribution in [0.1, 0.15) is 35.4 Å². The Morgan fingerprint density at radius 2 is 2.12 bits per heavy atom. The molecule has 124 valence electrons. The lowest BCUT2D eigenvalue weighted by Crippen LogP contribution is -2.45. The van der Waals surface area contributed by atoms with Gasteiger partial charge < -0.3 is 10.2 Å². The van der Waals surface area contributed by atoms with Crippen LogP contribution in [0.15, 0.2) is 30.3 Å². The Bertz CT molecular complexity index is 814. The van der Waals surface area contributed by atoms with E-state index in [1.54, 1.807) is 12.1 Å². The molecule has 0 unspecified atom stereocenters. The summed E-state index contributed by atoms with van der Waals surface area (Å²) in [5.74, 6) is 0.433. The molecule has 3 heterocycles. The number of aryl methyl sites for hydroxylation is 2. The quantitative estimate of drug-likeness (QED) is 0.853. The first-order valence-electron chi connectivity index (χ1n) is 9.13. The Morgan fingerprint density at radius 1 is 1.21 bits per heavy atom. The molecule has 1 fully saturated rings. The average Bonchev–Trinajstić information content (AvgIpc) is 2.93. The molecule has 2 nitrogen and oxygen atoms in total. The van der Waals surface area contributed by atoms with Crippen molar-refractivity contribution in [1.82, 2.24) is 5.32 Å². The number of halogens is 1. The third kappa shape index (κ3) is 2.04. The van der Waals surface area contributed by atoms with Crippen LogP contribution in [0.3, 0.4) is 0 Å². The van der Waals surface area contributed by atoms with Gasteiger partial charge in [0.15, 0.2) is 0 Å². The molecule has 0 aromatic heterocycles. The topological polar surface area (TPSA) is 15.3 Å². The molecule has 3 heteroatoms. The minimum Gasteiger partial charge on any atom is -0.367 e. The number of anilines is 1. The van der Waals surface area contributed by atoms with Gasteiger partial charge in [-0.05, 0) is 84.8 Å². The zero-order valence-electron chi connectivity index (χ0n) is 14.1. The average molecular weight is 322 g/mol. The maximum atomic E-state index is 13.8. The standard InChI is InChI=1S/C21H23FN2/c1-13-4-5-16(22)11-17(13)15-9-14-3-2-8-24-20-6-7-23-12-19(20)18(10-15)21(14)24/h4-5,9-11,19-20,23H,2-3,6-8,12H2,1H3/t19-,20-/m1/s1. The fourth-order valence-corrected chi connectivity index (χ4v) is 5.02. The molecule has 2 aromatic rings. The number of hydrogen-bond acceptors (Lipinski definition) is 2. The molecular weight excluding hydrogens is 299 g/mol. The van der Waals surface area contributed by atoms with Crippen molar-refractivity contribution in [2.45, 2.75) is 38.1 Å². The highest BCUT2D eigenvalue weighted by molar-refractivity contribution is 5.77. The normalized spacial score (nSPS) is 24.7. The van der Waals surface area contributed by atoms with E-state index in [4.69, 9.17) is 0 Å². The summed E-state index contributed by atoms with van der Waals surface area (Å²) in [6.07, 6.45) is 3.61. The molecule has 24 heavy (non-hydrogen) atoms. The van der Waals surface area contributed by atoms with E-state index in [1.165, 1.54) is 41.8 Å². The molecule has 2 atom stereocenters. The molecule has 2 aromatic carbocycles. The fourth-order valence-electron chi connectivity index (χ4n) is 5.02. The van der Waals surface area contributed by atoms with Gasteiger partial charge in [0.1, 0.15) is 5.82 Å². The molecule has 0 radical (unpaired) electrons. The molecule has 1 N–H and O–H groups in total. The van der Waals surface area contributed by atoms with Crippen molar-refractivity contribution in [3.05, 3.63) is 52.8 Å². The summed E-state index contributed by atoms with van der Waals surface area (Å²) in [6, 6.07) is 10.5. The lowest BCUT2D eigenvalue weighted by molar-refractivity contribution is 0.400. The summed E-state index contributed by atoms with van der Waals surface area (Å²) in [7, 11) is 0. The van der Waals surface area contributed by atoms with Gasteiger partial charge in [-0.1, -0.05) is 6.07 Å². The molecule has 3 aliphatic heterocycles. The van der Waals surface area contributed by atoms with Gasteiger partial charge in [-0.2, -0.15) is 0 Å². The van der Waals surface area contributed by atoms with E-state index < -0.39 is 0 Å². The highest BCUT2D eigenvalue weighted by atomic mass is 19.1. The van der Waals surface area contributed by atoms with E-state index in [0.29, 0.717) is 12.0 Å². The second kappa shape index (κ2) is 5.32. The number of benzene rings is 2. The highest BCUT2D eigenvalue weighted by Crippen LogP contribution is 2.49. The first-order chi connectivity index (χ1) is 11.7. The van der Waals surface area contributed by atoms with Gasteiger partial charge in [-0.25, -0.2) is 4.39 Å². The Balaban J connectivity index is 1.70. The second-order valence-corrected chi connectivity index (χ2v) is 7.50. The minimum absolute atomic E-state index is 0.149. The van der Waals surface area contributed by atoms with E-state index in [-0.39, 0.29) is 5.82 Å². The molecular formula is C21H23FN2. The summed E-state index contributed by atoms with van der Waals surface area (Å²) in [5.41, 5.74) is 7.83. The van der Waals surface area contributed by atoms with Gasteiger partial charge in [-0.3, -0.25) is 0 Å². The molecule has 0 bridgehead atoms. The predicted octanol–water partition coefficient (Wildman–Crippen LogP) is 4.01. The maximum absolute atomic E-state index is 13.8. The number of fused-ring (bicyclic) bond motifs is 3. The minimum atomic E-state index is -0.149. The van der Waals surface area contributed by atoms with Gasteiger partial charge in [0.25, 0.3) is 0 Å². The Labute approximate surface area is 142 Å². The van der Waals surface area contributed by atoms with E-state index >= 15 is 0 Å². The Hall–Kier alpha value is -1.87. The van der Waals surface area contributed by atoms with Crippen molar-refractivity contribution in [3.8, 4) is 11.1 Å². The van der Waals surface area contributed by atoms with E-state index in [9.17, 15) is 4.39 Å². The molecule has 0 spiro atoms. The van der Waals surface area contributed by atoms with E-state index in [1.807, 2.05) is 6.07 Å². The number of rotatable bonds is 1. The van der Waals surface area contributed by atoms with E-state index in [2.05, 4.69) is 29.3 Å². The number of nitrogens with zero attached hydrogens (tertiary/aromatic N) is 1. The summed E-state index contributed by atoms with van der Waals surface area (Å²) >= 11 is 0. The largest absolute Gasteiger partial charge is 0.367 e. The first kappa shape index (κ1) is 14.5. The molecule has 1 saturated heterocycles. The lowest BCUT2D eigenvalue weighted by atomic mass is 9.87. The third-order valence-electron chi connectivity index (χ3n) is 6.11. The van der Waals surface area contributed by atoms with Crippen LogP contribution in [-0.4, -0.2) is 25.7 Å². The van der Waals surface area contributed by atoms with Crippen LogP contribution in [0.2, 0.25) is 0 Å². The van der Waals surface area contributed by atoms with E-state index in [0.717, 1.165) is 30.6 Å². The van der Waals surface area contributed by atoms with Gasteiger partial charge in [0.05, 0.1) is 0 Å². The van der Waals surface area contributed by atoms with Crippen molar-refractivity contribution in [1.29, 1.82) is 0 Å². The SMILES string of the molecule is Cc1ccc(F)cc1-c1cc2c3c(c1)[C@H]1CNCC[C@H]1N3CCC2. The summed E-state index contributed by atoms with van der Waals surface area (Å²) in [5, 5.41) is 3.57. The molecule has 5 rings (SSSR count). The van der Waals surface area contributed by atoms with Crippen molar-refractivity contribution >= 4 is 5.69 Å². The maximum Gasteiger partial charge on any atom is 0.123 e. The van der Waals surface area contributed by atoms with Crippen LogP contribution in [0.25, 0.3) is 11.1 Å². The third-order valence-corrected chi connectivity index (χ3v) is 6.11. The molecule has 0 amide bonds. The van der Waals surface area contributed by atoms with Crippen molar-refractivity contribution in [3.63, 3.8) is 0 Å². The van der Waals surface area contributed by atoms with Crippen LogP contribution < -0.4 is 10.2 Å². The number of piperidine rings is 1. The summed E-state index contributed by atoms with van der Waals surface area (Å²) in [4.78, 5) is 2.67. The van der Waals surface area contributed by atoms with Crippen LogP contribution in [0.4, 0.5) is 10.1 Å². The van der Waals surface area contributed by atoms with Crippen molar-refractivity contribution in [2.75, 3.05) is 24.5 Å². The van der Waals surface area contributed by atoms with Gasteiger partial charge in [0, 0.05) is 30.7 Å². The highest BCUT2D eigenvalue weighted by Gasteiger charge is 2.42. The fraction of sp³-hybridized carbons (Fsp3) is 0.429. The van der Waals surface area contributed by atoms with Gasteiger partial charge in [-0.15, -0.1) is 0 Å². The monoisotopic (exact) mass is 322 g/mol. The number of hydrogen-bond donors (Lipinski definition) is 1.